The van der Waals surface area contributed by atoms with Gasteiger partial charge in [0.25, 0.3) is 5.91 Å². The molecule has 0 saturated carbocycles. The molecule has 168 valence electrons. The summed E-state index contributed by atoms with van der Waals surface area (Å²) in [5.74, 6) is -1.85. The number of halogens is 4. The predicted octanol–water partition coefficient (Wildman–Crippen LogP) is 2.93. The van der Waals surface area contributed by atoms with Crippen molar-refractivity contribution in [2.45, 2.75) is 13.1 Å². The molecule has 4 rings (SSSR count). The molecule has 0 unspecified atom stereocenters. The summed E-state index contributed by atoms with van der Waals surface area (Å²) in [6, 6.07) is 8.96. The first-order valence-corrected chi connectivity index (χ1v) is 9.26. The van der Waals surface area contributed by atoms with Gasteiger partial charge in [-0.05, 0) is 53.7 Å². The lowest BCUT2D eigenvalue weighted by atomic mass is 10.2. The average molecular weight is 459 g/mol. The van der Waals surface area contributed by atoms with Gasteiger partial charge < -0.3 is 5.32 Å². The van der Waals surface area contributed by atoms with Gasteiger partial charge in [-0.3, -0.25) is 9.59 Å². The van der Waals surface area contributed by atoms with Gasteiger partial charge in [0, 0.05) is 11.8 Å². The lowest BCUT2D eigenvalue weighted by molar-refractivity contribution is -0.137. The average Bonchev–Trinajstić information content (AvgIpc) is 3.30. The highest BCUT2D eigenvalue weighted by atomic mass is 19.4. The SMILES string of the molecule is Cc1cc(=O)c(C(=O)Nc2cc(-n3cnnn3)ccc2F)nn1-c1cccc(C(F)(F)F)c1. The van der Waals surface area contributed by atoms with Crippen LogP contribution in [0, 0.1) is 12.7 Å². The zero-order chi connectivity index (χ0) is 23.8. The molecule has 0 saturated heterocycles. The summed E-state index contributed by atoms with van der Waals surface area (Å²) in [4.78, 5) is 25.1. The van der Waals surface area contributed by atoms with Crippen molar-refractivity contribution in [3.63, 3.8) is 0 Å². The second-order valence-corrected chi connectivity index (χ2v) is 6.83. The Kier molecular flexibility index (Phi) is 5.45. The molecule has 0 aliphatic rings. The van der Waals surface area contributed by atoms with Crippen molar-refractivity contribution in [2.75, 3.05) is 5.32 Å². The number of hydrogen-bond donors (Lipinski definition) is 1. The van der Waals surface area contributed by atoms with Crippen LogP contribution >= 0.6 is 0 Å². The van der Waals surface area contributed by atoms with E-state index < -0.39 is 34.6 Å². The zero-order valence-corrected chi connectivity index (χ0v) is 16.7. The molecule has 2 aromatic heterocycles. The number of aromatic nitrogens is 6. The quantitative estimate of drug-likeness (QED) is 0.471. The molecular formula is C20H13F4N7O2. The standard InChI is InChI=1S/C20H13F4N7O2/c1-11-7-17(32)18(27-31(11)14-4-2-3-12(8-14)20(22,23)24)19(33)26-16-9-13(5-6-15(16)21)30-10-25-28-29-30/h2-10H,1H3,(H,26,33). The van der Waals surface area contributed by atoms with Crippen LogP contribution in [0.4, 0.5) is 23.2 Å². The first-order chi connectivity index (χ1) is 15.6. The maximum atomic E-state index is 14.3. The van der Waals surface area contributed by atoms with Gasteiger partial charge in [-0.25, -0.2) is 13.8 Å². The van der Waals surface area contributed by atoms with Crippen LogP contribution in [0.2, 0.25) is 0 Å². The molecule has 1 N–H and O–H groups in total. The van der Waals surface area contributed by atoms with E-state index in [1.54, 1.807) is 0 Å². The van der Waals surface area contributed by atoms with Crippen molar-refractivity contribution >= 4 is 11.6 Å². The monoisotopic (exact) mass is 459 g/mol. The number of anilines is 1. The minimum atomic E-state index is -4.59. The molecule has 0 bridgehead atoms. The summed E-state index contributed by atoms with van der Waals surface area (Å²) in [6.07, 6.45) is -3.33. The third-order valence-corrected chi connectivity index (χ3v) is 4.55. The van der Waals surface area contributed by atoms with Crippen LogP contribution in [-0.4, -0.2) is 35.9 Å². The van der Waals surface area contributed by atoms with Crippen molar-refractivity contribution in [1.82, 2.24) is 30.0 Å². The van der Waals surface area contributed by atoms with Crippen LogP contribution in [0.5, 0.6) is 0 Å². The topological polar surface area (TPSA) is 108 Å². The van der Waals surface area contributed by atoms with Crippen molar-refractivity contribution in [3.05, 3.63) is 87.9 Å². The van der Waals surface area contributed by atoms with Crippen molar-refractivity contribution in [3.8, 4) is 11.4 Å². The Morgan fingerprint density at radius 3 is 2.55 bits per heavy atom. The van der Waals surface area contributed by atoms with Gasteiger partial charge in [-0.15, -0.1) is 5.10 Å². The highest BCUT2D eigenvalue weighted by Crippen LogP contribution is 2.30. The summed E-state index contributed by atoms with van der Waals surface area (Å²) >= 11 is 0. The fourth-order valence-electron chi connectivity index (χ4n) is 2.99. The fourth-order valence-corrected chi connectivity index (χ4v) is 2.99. The van der Waals surface area contributed by atoms with E-state index >= 15 is 0 Å². The number of aryl methyl sites for hydroxylation is 1. The Bertz CT molecular complexity index is 1400. The summed E-state index contributed by atoms with van der Waals surface area (Å²) in [6.45, 7) is 1.45. The first-order valence-electron chi connectivity index (χ1n) is 9.26. The smallest absolute Gasteiger partial charge is 0.318 e. The third kappa shape index (κ3) is 4.46. The summed E-state index contributed by atoms with van der Waals surface area (Å²) in [7, 11) is 0. The van der Waals surface area contributed by atoms with E-state index in [9.17, 15) is 27.2 Å². The van der Waals surface area contributed by atoms with E-state index in [1.807, 2.05) is 0 Å². The molecule has 0 spiro atoms. The molecule has 1 amide bonds. The van der Waals surface area contributed by atoms with Crippen LogP contribution in [0.25, 0.3) is 11.4 Å². The molecule has 0 aliphatic carbocycles. The number of carbonyl (C=O) groups is 1. The highest BCUT2D eigenvalue weighted by Gasteiger charge is 2.30. The van der Waals surface area contributed by atoms with E-state index in [0.717, 1.165) is 28.9 Å². The molecular weight excluding hydrogens is 446 g/mol. The van der Waals surface area contributed by atoms with Gasteiger partial charge in [0.1, 0.15) is 12.1 Å². The number of carbonyl (C=O) groups excluding carboxylic acids is 1. The Labute approximate surface area is 182 Å². The summed E-state index contributed by atoms with van der Waals surface area (Å²) in [5.41, 5.74) is -2.11. The summed E-state index contributed by atoms with van der Waals surface area (Å²) < 4.78 is 55.7. The van der Waals surface area contributed by atoms with E-state index in [1.165, 1.54) is 42.2 Å². The van der Waals surface area contributed by atoms with E-state index in [4.69, 9.17) is 0 Å². The number of benzene rings is 2. The van der Waals surface area contributed by atoms with E-state index in [-0.39, 0.29) is 17.1 Å². The maximum absolute atomic E-state index is 14.3. The molecule has 0 atom stereocenters. The third-order valence-electron chi connectivity index (χ3n) is 4.55. The Morgan fingerprint density at radius 2 is 1.85 bits per heavy atom. The van der Waals surface area contributed by atoms with Gasteiger partial charge in [0.2, 0.25) is 5.43 Å². The molecule has 0 radical (unpaired) electrons. The predicted molar refractivity (Wildman–Crippen MR) is 107 cm³/mol. The van der Waals surface area contributed by atoms with Crippen LogP contribution < -0.4 is 10.7 Å². The second-order valence-electron chi connectivity index (χ2n) is 6.83. The normalized spacial score (nSPS) is 11.4. The second kappa shape index (κ2) is 8.26. The van der Waals surface area contributed by atoms with Gasteiger partial charge in [0.15, 0.2) is 5.69 Å². The van der Waals surface area contributed by atoms with Crippen LogP contribution in [0.15, 0.2) is 59.7 Å². The minimum absolute atomic E-state index is 0.0109. The number of rotatable bonds is 4. The fraction of sp³-hybridized carbons (Fsp3) is 0.100. The van der Waals surface area contributed by atoms with Crippen molar-refractivity contribution in [1.29, 1.82) is 0 Å². The molecule has 9 nitrogen and oxygen atoms in total. The molecule has 4 aromatic rings. The molecule has 13 heteroatoms. The van der Waals surface area contributed by atoms with Crippen LogP contribution in [-0.2, 0) is 6.18 Å². The Hall–Kier alpha value is -4.42. The lowest BCUT2D eigenvalue weighted by Crippen LogP contribution is -2.27. The molecule has 33 heavy (non-hydrogen) atoms. The molecule has 0 aliphatic heterocycles. The van der Waals surface area contributed by atoms with Gasteiger partial charge in [-0.2, -0.15) is 18.3 Å². The summed E-state index contributed by atoms with van der Waals surface area (Å²) in [5, 5.41) is 16.8. The van der Waals surface area contributed by atoms with Gasteiger partial charge in [0.05, 0.1) is 22.6 Å². The maximum Gasteiger partial charge on any atom is 0.416 e. The van der Waals surface area contributed by atoms with Gasteiger partial charge >= 0.3 is 6.18 Å². The van der Waals surface area contributed by atoms with E-state index in [0.29, 0.717) is 5.69 Å². The first kappa shape index (κ1) is 21.8. The number of nitrogens with zero attached hydrogens (tertiary/aromatic N) is 6. The van der Waals surface area contributed by atoms with Crippen molar-refractivity contribution in [2.24, 2.45) is 0 Å². The van der Waals surface area contributed by atoms with Crippen molar-refractivity contribution < 1.29 is 22.4 Å². The number of tetrazole rings is 1. The number of amides is 1. The number of alkyl halides is 3. The van der Waals surface area contributed by atoms with Crippen LogP contribution in [0.3, 0.4) is 0 Å². The molecule has 2 heterocycles. The lowest BCUT2D eigenvalue weighted by Gasteiger charge is -2.14. The minimum Gasteiger partial charge on any atom is -0.318 e. The Morgan fingerprint density at radius 1 is 1.06 bits per heavy atom. The van der Waals surface area contributed by atoms with Gasteiger partial charge in [-0.1, -0.05) is 6.07 Å². The van der Waals surface area contributed by atoms with E-state index in [2.05, 4.69) is 25.9 Å². The number of hydrogen-bond acceptors (Lipinski definition) is 6. The largest absolute Gasteiger partial charge is 0.416 e. The highest BCUT2D eigenvalue weighted by molar-refractivity contribution is 6.02. The molecule has 0 fully saturated rings. The zero-order valence-electron chi connectivity index (χ0n) is 16.7. The Balaban J connectivity index is 1.70. The molecule has 2 aromatic carbocycles. The number of nitrogens with one attached hydrogen (secondary N) is 1. The van der Waals surface area contributed by atoms with Crippen LogP contribution in [0.1, 0.15) is 21.7 Å².